The second-order valence-electron chi connectivity index (χ2n) is 2.56. The number of nitrogens with one attached hydrogen (secondary N) is 1. The molecule has 0 spiro atoms. The number of fused-ring (bicyclic) bond motifs is 1. The molecule has 0 fully saturated rings. The zero-order valence-corrected chi connectivity index (χ0v) is 6.36. The summed E-state index contributed by atoms with van der Waals surface area (Å²) in [7, 11) is 0. The predicted octanol–water partition coefficient (Wildman–Crippen LogP) is 1.98. The Morgan fingerprint density at radius 1 is 1.33 bits per heavy atom. The monoisotopic (exact) mass is 160 g/mol. The third-order valence-electron chi connectivity index (χ3n) is 1.75. The molecule has 0 bridgehead atoms. The fourth-order valence-electron chi connectivity index (χ4n) is 1.23. The number of H-pyrrole nitrogens is 1. The highest BCUT2D eigenvalue weighted by molar-refractivity contribution is 5.89. The van der Waals surface area contributed by atoms with Crippen LogP contribution in [0.2, 0.25) is 0 Å². The summed E-state index contributed by atoms with van der Waals surface area (Å²) in [5.41, 5.74) is 1.85. The van der Waals surface area contributed by atoms with Crippen LogP contribution in [0.25, 0.3) is 10.9 Å². The average Bonchev–Trinajstić information content (AvgIpc) is 2.47. The van der Waals surface area contributed by atoms with E-state index >= 15 is 0 Å². The maximum Gasteiger partial charge on any atom is 0.0896 e. The first kappa shape index (κ1) is 6.91. The average molecular weight is 160 g/mol. The van der Waals surface area contributed by atoms with Gasteiger partial charge in [-0.1, -0.05) is 23.4 Å². The van der Waals surface area contributed by atoms with Crippen molar-refractivity contribution < 1.29 is 5.21 Å². The van der Waals surface area contributed by atoms with Gasteiger partial charge in [0.25, 0.3) is 0 Å². The molecule has 0 saturated carbocycles. The summed E-state index contributed by atoms with van der Waals surface area (Å²) >= 11 is 0. The van der Waals surface area contributed by atoms with Crippen molar-refractivity contribution in [3.8, 4) is 0 Å². The van der Waals surface area contributed by atoms with Gasteiger partial charge in [-0.15, -0.1) is 0 Å². The lowest BCUT2D eigenvalue weighted by atomic mass is 10.2. The summed E-state index contributed by atoms with van der Waals surface area (Å²) < 4.78 is 0. The van der Waals surface area contributed by atoms with Crippen molar-refractivity contribution in [2.24, 2.45) is 5.16 Å². The van der Waals surface area contributed by atoms with Gasteiger partial charge in [-0.05, 0) is 12.1 Å². The van der Waals surface area contributed by atoms with Gasteiger partial charge < -0.3 is 10.2 Å². The molecular weight excluding hydrogens is 152 g/mol. The van der Waals surface area contributed by atoms with E-state index in [9.17, 15) is 0 Å². The standard InChI is InChI=1S/C9H8N2O/c12-10-6-8-5-7-3-1-2-4-9(7)11-8/h1-6,11-12H/b10-6+. The maximum absolute atomic E-state index is 8.29. The molecule has 2 aromatic rings. The Hall–Kier alpha value is -1.77. The first-order valence-corrected chi connectivity index (χ1v) is 3.65. The van der Waals surface area contributed by atoms with Gasteiger partial charge >= 0.3 is 0 Å². The third kappa shape index (κ3) is 1.05. The zero-order chi connectivity index (χ0) is 8.39. The van der Waals surface area contributed by atoms with Gasteiger partial charge in [0, 0.05) is 10.9 Å². The lowest BCUT2D eigenvalue weighted by molar-refractivity contribution is 0.321. The number of oxime groups is 1. The molecule has 0 radical (unpaired) electrons. The summed E-state index contributed by atoms with van der Waals surface area (Å²) in [6.07, 6.45) is 1.38. The number of aromatic nitrogens is 1. The molecule has 1 heterocycles. The summed E-state index contributed by atoms with van der Waals surface area (Å²) in [5.74, 6) is 0. The minimum absolute atomic E-state index is 0.804. The topological polar surface area (TPSA) is 48.4 Å². The molecule has 1 aromatic carbocycles. The smallest absolute Gasteiger partial charge is 0.0896 e. The molecule has 0 aliphatic heterocycles. The van der Waals surface area contributed by atoms with Crippen LogP contribution in [0.3, 0.4) is 0 Å². The van der Waals surface area contributed by atoms with E-state index in [2.05, 4.69) is 10.1 Å². The van der Waals surface area contributed by atoms with Crippen molar-refractivity contribution in [1.82, 2.24) is 4.98 Å². The van der Waals surface area contributed by atoms with Crippen LogP contribution >= 0.6 is 0 Å². The second kappa shape index (κ2) is 2.70. The Balaban J connectivity index is 2.62. The molecule has 0 saturated heterocycles. The van der Waals surface area contributed by atoms with Gasteiger partial charge in [0.2, 0.25) is 0 Å². The number of hydrogen-bond donors (Lipinski definition) is 2. The summed E-state index contributed by atoms with van der Waals surface area (Å²) in [4.78, 5) is 3.09. The van der Waals surface area contributed by atoms with Crippen LogP contribution in [0.1, 0.15) is 5.69 Å². The highest BCUT2D eigenvalue weighted by Crippen LogP contribution is 2.12. The highest BCUT2D eigenvalue weighted by Gasteiger charge is 1.95. The minimum atomic E-state index is 0.804. The van der Waals surface area contributed by atoms with E-state index in [-0.39, 0.29) is 0 Å². The van der Waals surface area contributed by atoms with Gasteiger partial charge in [-0.2, -0.15) is 0 Å². The van der Waals surface area contributed by atoms with Crippen LogP contribution < -0.4 is 0 Å². The fraction of sp³-hybridized carbons (Fsp3) is 0. The molecule has 60 valence electrons. The molecule has 0 unspecified atom stereocenters. The van der Waals surface area contributed by atoms with Crippen LogP contribution in [0.15, 0.2) is 35.5 Å². The maximum atomic E-state index is 8.29. The van der Waals surface area contributed by atoms with E-state index in [1.807, 2.05) is 30.3 Å². The fourth-order valence-corrected chi connectivity index (χ4v) is 1.23. The lowest BCUT2D eigenvalue weighted by Gasteiger charge is -1.83. The number of nitrogens with zero attached hydrogens (tertiary/aromatic N) is 1. The summed E-state index contributed by atoms with van der Waals surface area (Å²) in [5, 5.41) is 12.4. The Kier molecular flexibility index (Phi) is 1.55. The molecule has 0 aliphatic rings. The predicted molar refractivity (Wildman–Crippen MR) is 47.7 cm³/mol. The second-order valence-corrected chi connectivity index (χ2v) is 2.56. The van der Waals surface area contributed by atoms with E-state index in [4.69, 9.17) is 5.21 Å². The van der Waals surface area contributed by atoms with Gasteiger partial charge in [0.05, 0.1) is 11.9 Å². The first-order chi connectivity index (χ1) is 5.90. The third-order valence-corrected chi connectivity index (χ3v) is 1.75. The van der Waals surface area contributed by atoms with Crippen molar-refractivity contribution in [2.45, 2.75) is 0 Å². The van der Waals surface area contributed by atoms with Gasteiger partial charge in [-0.25, -0.2) is 0 Å². The summed E-state index contributed by atoms with van der Waals surface area (Å²) in [6.45, 7) is 0. The van der Waals surface area contributed by atoms with E-state index in [1.165, 1.54) is 6.21 Å². The van der Waals surface area contributed by atoms with Crippen LogP contribution in [-0.2, 0) is 0 Å². The summed E-state index contributed by atoms with van der Waals surface area (Å²) in [6, 6.07) is 9.83. The molecule has 2 N–H and O–H groups in total. The number of rotatable bonds is 1. The van der Waals surface area contributed by atoms with E-state index in [0.717, 1.165) is 16.6 Å². The Morgan fingerprint density at radius 2 is 2.17 bits per heavy atom. The largest absolute Gasteiger partial charge is 0.411 e. The van der Waals surface area contributed by atoms with Gasteiger partial charge in [0.1, 0.15) is 0 Å². The molecule has 1 aromatic heterocycles. The van der Waals surface area contributed by atoms with Gasteiger partial charge in [-0.3, -0.25) is 0 Å². The van der Waals surface area contributed by atoms with Crippen molar-refractivity contribution in [1.29, 1.82) is 0 Å². The molecule has 2 rings (SSSR count). The SMILES string of the molecule is O/N=C/c1cc2ccccc2[nH]1. The molecule has 3 heteroatoms. The molecule has 3 nitrogen and oxygen atoms in total. The number of para-hydroxylation sites is 1. The van der Waals surface area contributed by atoms with Crippen LogP contribution in [0, 0.1) is 0 Å². The first-order valence-electron chi connectivity index (χ1n) is 3.65. The zero-order valence-electron chi connectivity index (χ0n) is 6.36. The number of benzene rings is 1. The Labute approximate surface area is 69.3 Å². The quantitative estimate of drug-likeness (QED) is 0.374. The molecule has 0 amide bonds. The Morgan fingerprint density at radius 3 is 2.92 bits per heavy atom. The van der Waals surface area contributed by atoms with Crippen LogP contribution in [-0.4, -0.2) is 16.4 Å². The normalized spacial score (nSPS) is 11.3. The van der Waals surface area contributed by atoms with E-state index in [0.29, 0.717) is 0 Å². The molecule has 0 aliphatic carbocycles. The minimum Gasteiger partial charge on any atom is -0.411 e. The number of aromatic amines is 1. The van der Waals surface area contributed by atoms with Crippen LogP contribution in [0.4, 0.5) is 0 Å². The van der Waals surface area contributed by atoms with Crippen molar-refractivity contribution >= 4 is 17.1 Å². The molecule has 0 atom stereocenters. The highest BCUT2D eigenvalue weighted by atomic mass is 16.4. The van der Waals surface area contributed by atoms with Crippen molar-refractivity contribution in [2.75, 3.05) is 0 Å². The molecular formula is C9H8N2O. The van der Waals surface area contributed by atoms with Gasteiger partial charge in [0.15, 0.2) is 0 Å². The van der Waals surface area contributed by atoms with Crippen LogP contribution in [0.5, 0.6) is 0 Å². The molecule has 12 heavy (non-hydrogen) atoms. The van der Waals surface area contributed by atoms with E-state index < -0.39 is 0 Å². The van der Waals surface area contributed by atoms with Crippen molar-refractivity contribution in [3.63, 3.8) is 0 Å². The van der Waals surface area contributed by atoms with E-state index in [1.54, 1.807) is 0 Å². The van der Waals surface area contributed by atoms with Crippen molar-refractivity contribution in [3.05, 3.63) is 36.0 Å². The lowest BCUT2D eigenvalue weighted by Crippen LogP contribution is -1.77. The number of hydrogen-bond acceptors (Lipinski definition) is 2. The Bertz CT molecular complexity index is 384.